The fourth-order valence-electron chi connectivity index (χ4n) is 1.29. The summed E-state index contributed by atoms with van der Waals surface area (Å²) >= 11 is 0. The minimum atomic E-state index is -0.373. The van der Waals surface area contributed by atoms with Gasteiger partial charge in [-0.15, -0.1) is 0 Å². The standard InChI is InChI=1S/C8H14N2O2/c1-6(5-7(2)11)10-4-3-9-8(10)12/h3-4,6-7,11H,5H2,1-2H3,(H,9,12). The van der Waals surface area contributed by atoms with Gasteiger partial charge in [-0.3, -0.25) is 4.57 Å². The fourth-order valence-corrected chi connectivity index (χ4v) is 1.29. The number of nitrogens with one attached hydrogen (secondary N) is 1. The van der Waals surface area contributed by atoms with E-state index in [9.17, 15) is 4.79 Å². The Morgan fingerprint density at radius 1 is 1.67 bits per heavy atom. The number of nitrogens with zero attached hydrogens (tertiary/aromatic N) is 1. The second-order valence-corrected chi connectivity index (χ2v) is 3.11. The Bertz CT molecular complexity index is 287. The Hall–Kier alpha value is -1.03. The van der Waals surface area contributed by atoms with Crippen LogP contribution in [-0.4, -0.2) is 20.8 Å². The van der Waals surface area contributed by atoms with Gasteiger partial charge in [0.25, 0.3) is 0 Å². The third-order valence-electron chi connectivity index (χ3n) is 1.83. The molecule has 0 fully saturated rings. The Kier molecular flexibility index (Phi) is 2.70. The quantitative estimate of drug-likeness (QED) is 0.694. The predicted molar refractivity (Wildman–Crippen MR) is 46.1 cm³/mol. The highest BCUT2D eigenvalue weighted by Gasteiger charge is 2.09. The lowest BCUT2D eigenvalue weighted by Gasteiger charge is -2.13. The van der Waals surface area contributed by atoms with E-state index in [2.05, 4.69) is 4.98 Å². The summed E-state index contributed by atoms with van der Waals surface area (Å²) in [5.41, 5.74) is -0.122. The molecule has 68 valence electrons. The van der Waals surface area contributed by atoms with E-state index in [-0.39, 0.29) is 17.8 Å². The van der Waals surface area contributed by atoms with Crippen molar-refractivity contribution in [2.75, 3.05) is 0 Å². The van der Waals surface area contributed by atoms with Crippen LogP contribution in [0.4, 0.5) is 0 Å². The number of hydrogen-bond donors (Lipinski definition) is 2. The molecule has 1 aromatic heterocycles. The first-order valence-corrected chi connectivity index (χ1v) is 4.05. The molecular weight excluding hydrogens is 156 g/mol. The van der Waals surface area contributed by atoms with Crippen molar-refractivity contribution in [2.24, 2.45) is 0 Å². The number of aromatic nitrogens is 2. The van der Waals surface area contributed by atoms with Crippen LogP contribution in [0.5, 0.6) is 0 Å². The lowest BCUT2D eigenvalue weighted by atomic mass is 10.1. The van der Waals surface area contributed by atoms with Gasteiger partial charge in [0.15, 0.2) is 0 Å². The first kappa shape index (κ1) is 9.06. The number of aliphatic hydroxyl groups excluding tert-OH is 1. The Morgan fingerprint density at radius 2 is 2.33 bits per heavy atom. The molecule has 0 radical (unpaired) electrons. The van der Waals surface area contributed by atoms with Crippen LogP contribution in [-0.2, 0) is 0 Å². The fraction of sp³-hybridized carbons (Fsp3) is 0.625. The molecule has 0 spiro atoms. The van der Waals surface area contributed by atoms with Crippen LogP contribution in [0.3, 0.4) is 0 Å². The summed E-state index contributed by atoms with van der Waals surface area (Å²) in [5.74, 6) is 0. The average molecular weight is 170 g/mol. The Labute approximate surface area is 70.9 Å². The van der Waals surface area contributed by atoms with Gasteiger partial charge in [-0.25, -0.2) is 4.79 Å². The summed E-state index contributed by atoms with van der Waals surface area (Å²) in [5, 5.41) is 9.09. The number of hydrogen-bond acceptors (Lipinski definition) is 2. The first-order valence-electron chi connectivity index (χ1n) is 4.05. The monoisotopic (exact) mass is 170 g/mol. The van der Waals surface area contributed by atoms with Crippen LogP contribution >= 0.6 is 0 Å². The maximum Gasteiger partial charge on any atom is 0.325 e. The summed E-state index contributed by atoms with van der Waals surface area (Å²) in [6, 6.07) is 0.0451. The Morgan fingerprint density at radius 3 is 2.75 bits per heavy atom. The molecule has 1 heterocycles. The lowest BCUT2D eigenvalue weighted by molar-refractivity contribution is 0.164. The molecule has 2 N–H and O–H groups in total. The first-order chi connectivity index (χ1) is 5.61. The number of H-pyrrole nitrogens is 1. The molecule has 1 aromatic rings. The van der Waals surface area contributed by atoms with Crippen molar-refractivity contribution in [1.82, 2.24) is 9.55 Å². The second-order valence-electron chi connectivity index (χ2n) is 3.11. The van der Waals surface area contributed by atoms with Crippen LogP contribution in [0.15, 0.2) is 17.2 Å². The topological polar surface area (TPSA) is 58.0 Å². The van der Waals surface area contributed by atoms with Crippen molar-refractivity contribution >= 4 is 0 Å². The minimum absolute atomic E-state index is 0.0451. The molecule has 12 heavy (non-hydrogen) atoms. The number of imidazole rings is 1. The zero-order chi connectivity index (χ0) is 9.14. The van der Waals surface area contributed by atoms with Gasteiger partial charge < -0.3 is 10.1 Å². The zero-order valence-corrected chi connectivity index (χ0v) is 7.32. The van der Waals surface area contributed by atoms with E-state index in [1.54, 1.807) is 23.9 Å². The third kappa shape index (κ3) is 1.98. The summed E-state index contributed by atoms with van der Waals surface area (Å²) in [7, 11) is 0. The summed E-state index contributed by atoms with van der Waals surface area (Å²) in [6.45, 7) is 3.62. The molecule has 0 aliphatic rings. The molecule has 0 aliphatic carbocycles. The van der Waals surface area contributed by atoms with Gasteiger partial charge in [-0.05, 0) is 20.3 Å². The van der Waals surface area contributed by atoms with E-state index in [0.717, 1.165) is 0 Å². The molecule has 1 rings (SSSR count). The molecule has 0 saturated carbocycles. The van der Waals surface area contributed by atoms with E-state index < -0.39 is 0 Å². The maximum atomic E-state index is 11.1. The van der Waals surface area contributed by atoms with Gasteiger partial charge in [-0.1, -0.05) is 0 Å². The van der Waals surface area contributed by atoms with Gasteiger partial charge in [0.05, 0.1) is 6.10 Å². The average Bonchev–Trinajstić information content (AvgIpc) is 2.33. The van der Waals surface area contributed by atoms with Crippen molar-refractivity contribution in [3.63, 3.8) is 0 Å². The van der Waals surface area contributed by atoms with Crippen LogP contribution in [0, 0.1) is 0 Å². The van der Waals surface area contributed by atoms with Gasteiger partial charge in [-0.2, -0.15) is 0 Å². The molecule has 0 aliphatic heterocycles. The van der Waals surface area contributed by atoms with E-state index in [0.29, 0.717) is 6.42 Å². The molecule has 4 heteroatoms. The highest BCUT2D eigenvalue weighted by Crippen LogP contribution is 2.09. The summed E-state index contributed by atoms with van der Waals surface area (Å²) < 4.78 is 1.58. The zero-order valence-electron chi connectivity index (χ0n) is 7.32. The SMILES string of the molecule is CC(O)CC(C)n1cc[nH]c1=O. The molecule has 0 saturated heterocycles. The molecular formula is C8H14N2O2. The third-order valence-corrected chi connectivity index (χ3v) is 1.83. The lowest BCUT2D eigenvalue weighted by Crippen LogP contribution is -2.22. The Balaban J connectivity index is 2.71. The molecule has 4 nitrogen and oxygen atoms in total. The number of rotatable bonds is 3. The van der Waals surface area contributed by atoms with Crippen LogP contribution < -0.4 is 5.69 Å². The summed E-state index contributed by atoms with van der Waals surface area (Å²) in [6.07, 6.45) is 3.51. The number of aromatic amines is 1. The van der Waals surface area contributed by atoms with Crippen LogP contribution in [0.2, 0.25) is 0 Å². The van der Waals surface area contributed by atoms with Crippen molar-refractivity contribution < 1.29 is 5.11 Å². The molecule has 2 atom stereocenters. The number of aliphatic hydroxyl groups is 1. The van der Waals surface area contributed by atoms with E-state index in [1.807, 2.05) is 6.92 Å². The highest BCUT2D eigenvalue weighted by molar-refractivity contribution is 4.80. The normalized spacial score (nSPS) is 15.9. The van der Waals surface area contributed by atoms with Crippen LogP contribution in [0.25, 0.3) is 0 Å². The van der Waals surface area contributed by atoms with E-state index in [1.165, 1.54) is 0 Å². The van der Waals surface area contributed by atoms with Gasteiger partial charge in [0, 0.05) is 18.4 Å². The molecule has 0 aromatic carbocycles. The minimum Gasteiger partial charge on any atom is -0.393 e. The largest absolute Gasteiger partial charge is 0.393 e. The highest BCUT2D eigenvalue weighted by atomic mass is 16.3. The maximum absolute atomic E-state index is 11.1. The van der Waals surface area contributed by atoms with Crippen molar-refractivity contribution in [3.05, 3.63) is 22.9 Å². The molecule has 0 amide bonds. The van der Waals surface area contributed by atoms with E-state index >= 15 is 0 Å². The smallest absolute Gasteiger partial charge is 0.325 e. The predicted octanol–water partition coefficient (Wildman–Crippen LogP) is 0.508. The second kappa shape index (κ2) is 3.58. The van der Waals surface area contributed by atoms with E-state index in [4.69, 9.17) is 5.11 Å². The molecule has 2 unspecified atom stereocenters. The summed E-state index contributed by atoms with van der Waals surface area (Å²) in [4.78, 5) is 13.6. The van der Waals surface area contributed by atoms with Crippen molar-refractivity contribution in [1.29, 1.82) is 0 Å². The molecule has 0 bridgehead atoms. The van der Waals surface area contributed by atoms with Crippen molar-refractivity contribution in [2.45, 2.75) is 32.4 Å². The van der Waals surface area contributed by atoms with Gasteiger partial charge in [0.2, 0.25) is 0 Å². The van der Waals surface area contributed by atoms with Gasteiger partial charge >= 0.3 is 5.69 Å². The van der Waals surface area contributed by atoms with Crippen molar-refractivity contribution in [3.8, 4) is 0 Å². The van der Waals surface area contributed by atoms with Crippen LogP contribution in [0.1, 0.15) is 26.3 Å². The van der Waals surface area contributed by atoms with Gasteiger partial charge in [0.1, 0.15) is 0 Å².